The molecule has 0 saturated heterocycles. The molecule has 0 bridgehead atoms. The quantitative estimate of drug-likeness (QED) is 0.771. The lowest BCUT2D eigenvalue weighted by Gasteiger charge is -2.13. The lowest BCUT2D eigenvalue weighted by Crippen LogP contribution is -2.08. The van der Waals surface area contributed by atoms with E-state index in [-0.39, 0.29) is 5.43 Å². The maximum absolute atomic E-state index is 12.2. The molecule has 0 aliphatic rings. The molecule has 100 valence electrons. The van der Waals surface area contributed by atoms with Gasteiger partial charge in [-0.2, -0.15) is 0 Å². The molecule has 3 heteroatoms. The molecule has 3 nitrogen and oxygen atoms in total. The van der Waals surface area contributed by atoms with Gasteiger partial charge in [-0.15, -0.1) is 0 Å². The molecule has 0 spiro atoms. The summed E-state index contributed by atoms with van der Waals surface area (Å²) in [7, 11) is 4.00. The largest absolute Gasteiger partial charge is 0.378 e. The number of rotatable bonds is 2. The Labute approximate surface area is 117 Å². The Kier molecular flexibility index (Phi) is 3.03. The predicted octanol–water partition coefficient (Wildman–Crippen LogP) is 3.26. The lowest BCUT2D eigenvalue weighted by atomic mass is 10.1. The minimum Gasteiger partial charge on any atom is -0.378 e. The number of anilines is 1. The van der Waals surface area contributed by atoms with Crippen LogP contribution in [0.3, 0.4) is 0 Å². The van der Waals surface area contributed by atoms with Crippen molar-refractivity contribution in [3.05, 3.63) is 64.8 Å². The number of hydrogen-bond donors (Lipinski definition) is 1. The SMILES string of the molecule is CN(C)c1cccc(-c2cc(=O)c3ccccc3[nH]2)c1. The van der Waals surface area contributed by atoms with E-state index < -0.39 is 0 Å². The molecule has 1 N–H and O–H groups in total. The summed E-state index contributed by atoms with van der Waals surface area (Å²) in [5.41, 5.74) is 3.88. The smallest absolute Gasteiger partial charge is 0.190 e. The van der Waals surface area contributed by atoms with Gasteiger partial charge in [0.15, 0.2) is 5.43 Å². The second kappa shape index (κ2) is 4.85. The topological polar surface area (TPSA) is 36.1 Å². The van der Waals surface area contributed by atoms with Crippen LogP contribution in [0.15, 0.2) is 59.4 Å². The summed E-state index contributed by atoms with van der Waals surface area (Å²) in [6.07, 6.45) is 0. The van der Waals surface area contributed by atoms with Gasteiger partial charge in [0.25, 0.3) is 0 Å². The van der Waals surface area contributed by atoms with Crippen LogP contribution >= 0.6 is 0 Å². The van der Waals surface area contributed by atoms with E-state index >= 15 is 0 Å². The van der Waals surface area contributed by atoms with Gasteiger partial charge < -0.3 is 9.88 Å². The number of pyridine rings is 1. The first kappa shape index (κ1) is 12.5. The van der Waals surface area contributed by atoms with E-state index in [1.165, 1.54) is 0 Å². The molecule has 0 aliphatic heterocycles. The van der Waals surface area contributed by atoms with Crippen LogP contribution in [0.1, 0.15) is 0 Å². The zero-order valence-electron chi connectivity index (χ0n) is 11.6. The molecule has 0 atom stereocenters. The van der Waals surface area contributed by atoms with Gasteiger partial charge in [0.1, 0.15) is 0 Å². The number of aromatic amines is 1. The Balaban J connectivity index is 2.20. The number of aromatic nitrogens is 1. The summed E-state index contributed by atoms with van der Waals surface area (Å²) in [6, 6.07) is 17.4. The minimum absolute atomic E-state index is 0.0459. The van der Waals surface area contributed by atoms with E-state index in [9.17, 15) is 4.79 Å². The Morgan fingerprint density at radius 1 is 0.950 bits per heavy atom. The molecule has 0 unspecified atom stereocenters. The molecule has 0 fully saturated rings. The summed E-state index contributed by atoms with van der Waals surface area (Å²) in [5, 5.41) is 0.722. The molecule has 0 amide bonds. The van der Waals surface area contributed by atoms with Crippen LogP contribution in [0.2, 0.25) is 0 Å². The predicted molar refractivity (Wildman–Crippen MR) is 84.3 cm³/mol. The monoisotopic (exact) mass is 264 g/mol. The molecular weight excluding hydrogens is 248 g/mol. The number of nitrogens with one attached hydrogen (secondary N) is 1. The number of fused-ring (bicyclic) bond motifs is 1. The number of nitrogens with zero attached hydrogens (tertiary/aromatic N) is 1. The van der Waals surface area contributed by atoms with Crippen molar-refractivity contribution in [1.82, 2.24) is 4.98 Å². The first-order valence-electron chi connectivity index (χ1n) is 6.55. The van der Waals surface area contributed by atoms with Crippen LogP contribution < -0.4 is 10.3 Å². The highest BCUT2D eigenvalue weighted by molar-refractivity contribution is 5.81. The maximum atomic E-state index is 12.2. The van der Waals surface area contributed by atoms with Gasteiger partial charge in [-0.25, -0.2) is 0 Å². The molecule has 0 aliphatic carbocycles. The molecule has 0 saturated carbocycles. The van der Waals surface area contributed by atoms with Crippen LogP contribution in [-0.2, 0) is 0 Å². The van der Waals surface area contributed by atoms with Crippen LogP contribution in [0.4, 0.5) is 5.69 Å². The third-order valence-electron chi connectivity index (χ3n) is 3.41. The van der Waals surface area contributed by atoms with Crippen molar-refractivity contribution in [1.29, 1.82) is 0 Å². The van der Waals surface area contributed by atoms with Crippen molar-refractivity contribution in [3.63, 3.8) is 0 Å². The summed E-state index contributed by atoms with van der Waals surface area (Å²) in [6.45, 7) is 0. The number of H-pyrrole nitrogens is 1. The van der Waals surface area contributed by atoms with Gasteiger partial charge in [0, 0.05) is 48.0 Å². The molecule has 2 aromatic carbocycles. The van der Waals surface area contributed by atoms with Gasteiger partial charge in [-0.3, -0.25) is 4.79 Å². The zero-order valence-corrected chi connectivity index (χ0v) is 11.6. The van der Waals surface area contributed by atoms with E-state index in [1.807, 2.05) is 61.5 Å². The van der Waals surface area contributed by atoms with Crippen LogP contribution in [0, 0.1) is 0 Å². The third kappa shape index (κ3) is 2.18. The van der Waals surface area contributed by atoms with Crippen LogP contribution in [0.25, 0.3) is 22.2 Å². The number of benzene rings is 2. The Morgan fingerprint density at radius 2 is 1.75 bits per heavy atom. The zero-order chi connectivity index (χ0) is 14.1. The third-order valence-corrected chi connectivity index (χ3v) is 3.41. The number of para-hydroxylation sites is 1. The minimum atomic E-state index is 0.0459. The van der Waals surface area contributed by atoms with Crippen molar-refractivity contribution < 1.29 is 0 Å². The summed E-state index contributed by atoms with van der Waals surface area (Å²) in [4.78, 5) is 17.5. The number of hydrogen-bond acceptors (Lipinski definition) is 2. The summed E-state index contributed by atoms with van der Waals surface area (Å²) < 4.78 is 0. The van der Waals surface area contributed by atoms with Crippen LogP contribution in [-0.4, -0.2) is 19.1 Å². The highest BCUT2D eigenvalue weighted by atomic mass is 16.1. The first-order valence-corrected chi connectivity index (χ1v) is 6.55. The van der Waals surface area contributed by atoms with Crippen molar-refractivity contribution in [2.24, 2.45) is 0 Å². The molecular formula is C17H16N2O. The Bertz CT molecular complexity index is 818. The second-order valence-electron chi connectivity index (χ2n) is 5.04. The van der Waals surface area contributed by atoms with Gasteiger partial charge in [-0.05, 0) is 24.3 Å². The van der Waals surface area contributed by atoms with Gasteiger partial charge in [0.2, 0.25) is 0 Å². The Hall–Kier alpha value is -2.55. The first-order chi connectivity index (χ1) is 9.65. The molecule has 20 heavy (non-hydrogen) atoms. The highest BCUT2D eigenvalue weighted by Gasteiger charge is 2.05. The summed E-state index contributed by atoms with van der Waals surface area (Å²) in [5.74, 6) is 0. The van der Waals surface area contributed by atoms with Crippen LogP contribution in [0.5, 0.6) is 0 Å². The fourth-order valence-electron chi connectivity index (χ4n) is 2.30. The van der Waals surface area contributed by atoms with E-state index in [2.05, 4.69) is 11.1 Å². The fraction of sp³-hybridized carbons (Fsp3) is 0.118. The van der Waals surface area contributed by atoms with Crippen molar-refractivity contribution in [3.8, 4) is 11.3 Å². The fourth-order valence-corrected chi connectivity index (χ4v) is 2.30. The summed E-state index contributed by atoms with van der Waals surface area (Å²) >= 11 is 0. The van der Waals surface area contributed by atoms with E-state index in [4.69, 9.17) is 0 Å². The van der Waals surface area contributed by atoms with Crippen molar-refractivity contribution >= 4 is 16.6 Å². The average molecular weight is 264 g/mol. The van der Waals surface area contributed by atoms with Crippen molar-refractivity contribution in [2.45, 2.75) is 0 Å². The van der Waals surface area contributed by atoms with Gasteiger partial charge in [0.05, 0.1) is 0 Å². The molecule has 1 heterocycles. The molecule has 0 radical (unpaired) electrons. The normalized spacial score (nSPS) is 10.7. The van der Waals surface area contributed by atoms with Gasteiger partial charge in [-0.1, -0.05) is 24.3 Å². The lowest BCUT2D eigenvalue weighted by molar-refractivity contribution is 1.13. The van der Waals surface area contributed by atoms with Crippen molar-refractivity contribution in [2.75, 3.05) is 19.0 Å². The maximum Gasteiger partial charge on any atom is 0.190 e. The van der Waals surface area contributed by atoms with E-state index in [1.54, 1.807) is 6.07 Å². The van der Waals surface area contributed by atoms with E-state index in [0.29, 0.717) is 0 Å². The standard InChI is InChI=1S/C17H16N2O/c1-19(2)13-7-5-6-12(10-13)16-11-17(20)14-8-3-4-9-15(14)18-16/h3-11H,1-2H3,(H,18,20). The average Bonchev–Trinajstić information content (AvgIpc) is 2.47. The second-order valence-corrected chi connectivity index (χ2v) is 5.04. The van der Waals surface area contributed by atoms with Gasteiger partial charge >= 0.3 is 0 Å². The molecule has 3 rings (SSSR count). The molecule has 1 aromatic heterocycles. The van der Waals surface area contributed by atoms with E-state index in [0.717, 1.165) is 27.8 Å². The Morgan fingerprint density at radius 3 is 2.55 bits per heavy atom. The molecule has 3 aromatic rings. The highest BCUT2D eigenvalue weighted by Crippen LogP contribution is 2.22.